The Bertz CT molecular complexity index is 714. The zero-order valence-corrected chi connectivity index (χ0v) is 12.3. The Morgan fingerprint density at radius 2 is 2.19 bits per heavy atom. The van der Waals surface area contributed by atoms with E-state index in [4.69, 9.17) is 21.8 Å². The minimum atomic E-state index is 0.0924. The van der Waals surface area contributed by atoms with E-state index in [1.54, 1.807) is 18.4 Å². The molecule has 110 valence electrons. The number of hydrogen-bond acceptors (Lipinski definition) is 4. The zero-order valence-electron chi connectivity index (χ0n) is 11.6. The number of benzene rings is 1. The third kappa shape index (κ3) is 2.05. The molecule has 0 radical (unpaired) electrons. The minimum absolute atomic E-state index is 0.0924. The number of rotatable bonds is 4. The first-order valence-electron chi connectivity index (χ1n) is 7.36. The van der Waals surface area contributed by atoms with Crippen molar-refractivity contribution < 1.29 is 9.21 Å². The summed E-state index contributed by atoms with van der Waals surface area (Å²) in [5.41, 5.74) is 7.50. The quantitative estimate of drug-likeness (QED) is 0.673. The van der Waals surface area contributed by atoms with Crippen LogP contribution in [0.2, 0.25) is 5.02 Å². The molecule has 2 atom stereocenters. The molecule has 4 nitrogen and oxygen atoms in total. The summed E-state index contributed by atoms with van der Waals surface area (Å²) in [5.74, 6) is 2.38. The molecule has 0 amide bonds. The van der Waals surface area contributed by atoms with Gasteiger partial charge in [0.15, 0.2) is 5.78 Å². The van der Waals surface area contributed by atoms with Crippen molar-refractivity contribution >= 4 is 34.0 Å². The Hall–Kier alpha value is -1.52. The number of halogens is 1. The number of carbonyl (C=O) groups excluding carboxylic acids is 1. The number of Topliss-reactive ketones (excluding diaryl/α,β-unsaturated/α-hetero) is 1. The molecule has 0 bridgehead atoms. The summed E-state index contributed by atoms with van der Waals surface area (Å²) in [6.45, 7) is 2.22. The maximum absolute atomic E-state index is 12.5. The van der Waals surface area contributed by atoms with Crippen LogP contribution >= 0.6 is 11.6 Å². The van der Waals surface area contributed by atoms with Crippen molar-refractivity contribution in [3.8, 4) is 0 Å². The number of nitrogen functional groups attached to an aromatic ring is 1. The van der Waals surface area contributed by atoms with E-state index < -0.39 is 0 Å². The van der Waals surface area contributed by atoms with Gasteiger partial charge in [0.2, 0.25) is 0 Å². The number of nitrogens with one attached hydrogen (secondary N) is 1. The summed E-state index contributed by atoms with van der Waals surface area (Å²) in [5, 5.41) is 4.51. The van der Waals surface area contributed by atoms with Crippen LogP contribution in [-0.2, 0) is 0 Å². The SMILES string of the molecule is Nc1c(Cl)cc(C(=O)CCC2C3CNCC23)c2occc12. The van der Waals surface area contributed by atoms with Gasteiger partial charge in [0, 0.05) is 11.8 Å². The van der Waals surface area contributed by atoms with E-state index in [-0.39, 0.29) is 5.78 Å². The van der Waals surface area contributed by atoms with Crippen LogP contribution in [0.1, 0.15) is 23.2 Å². The highest BCUT2D eigenvalue weighted by Gasteiger charge is 2.51. The lowest BCUT2D eigenvalue weighted by Crippen LogP contribution is -2.15. The fourth-order valence-corrected chi connectivity index (χ4v) is 3.95. The first-order chi connectivity index (χ1) is 10.2. The molecular formula is C16H17ClN2O2. The molecule has 1 aromatic heterocycles. The normalized spacial score (nSPS) is 27.0. The van der Waals surface area contributed by atoms with Gasteiger partial charge < -0.3 is 15.5 Å². The third-order valence-corrected chi connectivity index (χ3v) is 5.32. The van der Waals surface area contributed by atoms with Gasteiger partial charge in [-0.25, -0.2) is 0 Å². The van der Waals surface area contributed by atoms with Gasteiger partial charge >= 0.3 is 0 Å². The lowest BCUT2D eigenvalue weighted by molar-refractivity contribution is 0.0977. The van der Waals surface area contributed by atoms with E-state index in [9.17, 15) is 4.79 Å². The molecule has 0 spiro atoms. The lowest BCUT2D eigenvalue weighted by Gasteiger charge is -2.07. The molecule has 1 aromatic carbocycles. The molecule has 5 heteroatoms. The van der Waals surface area contributed by atoms with Crippen LogP contribution in [0.4, 0.5) is 5.69 Å². The van der Waals surface area contributed by atoms with E-state index in [1.807, 2.05) is 0 Å². The summed E-state index contributed by atoms with van der Waals surface area (Å²) in [7, 11) is 0. The number of anilines is 1. The van der Waals surface area contributed by atoms with Gasteiger partial charge in [0.1, 0.15) is 5.58 Å². The highest BCUT2D eigenvalue weighted by atomic mass is 35.5. The molecule has 3 N–H and O–H groups in total. The summed E-state index contributed by atoms with van der Waals surface area (Å²) in [4.78, 5) is 12.5. The molecule has 1 saturated carbocycles. The maximum Gasteiger partial charge on any atom is 0.166 e. The van der Waals surface area contributed by atoms with Crippen LogP contribution in [0.3, 0.4) is 0 Å². The first-order valence-corrected chi connectivity index (χ1v) is 7.73. The molecular weight excluding hydrogens is 288 g/mol. The lowest BCUT2D eigenvalue weighted by atomic mass is 10.0. The maximum atomic E-state index is 12.5. The highest BCUT2D eigenvalue weighted by Crippen LogP contribution is 2.51. The number of piperidine rings is 1. The molecule has 1 saturated heterocycles. The number of fused-ring (bicyclic) bond motifs is 2. The Morgan fingerprint density at radius 1 is 1.43 bits per heavy atom. The standard InChI is InChI=1S/C16H17ClN2O2/c17-13-5-10(16-9(15(13)18)3-4-21-16)14(20)2-1-8-11-6-19-7-12(8)11/h3-5,8,11-12,19H,1-2,6-7,18H2. The van der Waals surface area contributed by atoms with Crippen molar-refractivity contribution in [3.63, 3.8) is 0 Å². The van der Waals surface area contributed by atoms with E-state index in [1.165, 1.54) is 0 Å². The van der Waals surface area contributed by atoms with Crippen molar-refractivity contribution in [1.29, 1.82) is 0 Å². The van der Waals surface area contributed by atoms with Crippen LogP contribution in [0.15, 0.2) is 22.8 Å². The number of hydrogen-bond donors (Lipinski definition) is 2. The second-order valence-corrected chi connectivity index (χ2v) is 6.50. The summed E-state index contributed by atoms with van der Waals surface area (Å²) in [6.07, 6.45) is 3.05. The van der Waals surface area contributed by atoms with E-state index in [0.29, 0.717) is 34.2 Å². The van der Waals surface area contributed by atoms with E-state index in [0.717, 1.165) is 36.7 Å². The number of carbonyl (C=O) groups is 1. The molecule has 2 unspecified atom stereocenters. The Morgan fingerprint density at radius 3 is 2.95 bits per heavy atom. The molecule has 2 heterocycles. The van der Waals surface area contributed by atoms with Gasteiger partial charge in [-0.05, 0) is 49.4 Å². The summed E-state index contributed by atoms with van der Waals surface area (Å²) in [6, 6.07) is 3.39. The Balaban J connectivity index is 1.54. The number of nitrogens with two attached hydrogens (primary N) is 1. The topological polar surface area (TPSA) is 68.3 Å². The average molecular weight is 305 g/mol. The average Bonchev–Trinajstić information content (AvgIpc) is 2.92. The smallest absolute Gasteiger partial charge is 0.166 e. The Labute approximate surface area is 127 Å². The molecule has 21 heavy (non-hydrogen) atoms. The number of furan rings is 1. The highest BCUT2D eigenvalue weighted by molar-refractivity contribution is 6.35. The summed E-state index contributed by atoms with van der Waals surface area (Å²) >= 11 is 6.12. The second kappa shape index (κ2) is 4.75. The van der Waals surface area contributed by atoms with Gasteiger partial charge in [-0.15, -0.1) is 0 Å². The van der Waals surface area contributed by atoms with Gasteiger partial charge in [-0.3, -0.25) is 4.79 Å². The largest absolute Gasteiger partial charge is 0.463 e. The van der Waals surface area contributed by atoms with Crippen molar-refractivity contribution in [2.24, 2.45) is 17.8 Å². The van der Waals surface area contributed by atoms with E-state index >= 15 is 0 Å². The van der Waals surface area contributed by atoms with Gasteiger partial charge in [0.05, 0.1) is 22.5 Å². The van der Waals surface area contributed by atoms with Crippen LogP contribution in [0.5, 0.6) is 0 Å². The molecule has 2 fully saturated rings. The molecule has 2 aliphatic rings. The van der Waals surface area contributed by atoms with Gasteiger partial charge in [-0.1, -0.05) is 11.6 Å². The zero-order chi connectivity index (χ0) is 14.6. The third-order valence-electron chi connectivity index (χ3n) is 5.00. The van der Waals surface area contributed by atoms with Crippen molar-refractivity contribution in [3.05, 3.63) is 29.0 Å². The summed E-state index contributed by atoms with van der Waals surface area (Å²) < 4.78 is 5.43. The molecule has 1 aliphatic carbocycles. The molecule has 1 aliphatic heterocycles. The van der Waals surface area contributed by atoms with Crippen molar-refractivity contribution in [1.82, 2.24) is 5.32 Å². The first kappa shape index (κ1) is 13.2. The second-order valence-electron chi connectivity index (χ2n) is 6.09. The predicted octanol–water partition coefficient (Wildman–Crippen LogP) is 3.10. The van der Waals surface area contributed by atoms with Crippen LogP contribution in [0, 0.1) is 17.8 Å². The van der Waals surface area contributed by atoms with Gasteiger partial charge in [-0.2, -0.15) is 0 Å². The molecule has 4 rings (SSSR count). The fourth-order valence-electron chi connectivity index (χ4n) is 3.74. The van der Waals surface area contributed by atoms with Crippen LogP contribution in [0.25, 0.3) is 11.0 Å². The van der Waals surface area contributed by atoms with Gasteiger partial charge in [0.25, 0.3) is 0 Å². The van der Waals surface area contributed by atoms with Crippen molar-refractivity contribution in [2.45, 2.75) is 12.8 Å². The minimum Gasteiger partial charge on any atom is -0.463 e. The molecule has 2 aromatic rings. The van der Waals surface area contributed by atoms with Crippen LogP contribution < -0.4 is 11.1 Å². The fraction of sp³-hybridized carbons (Fsp3) is 0.438. The van der Waals surface area contributed by atoms with E-state index in [2.05, 4.69) is 5.32 Å². The van der Waals surface area contributed by atoms with Crippen LogP contribution in [-0.4, -0.2) is 18.9 Å². The number of ketones is 1. The predicted molar refractivity (Wildman–Crippen MR) is 82.5 cm³/mol. The monoisotopic (exact) mass is 304 g/mol. The Kier molecular flexibility index (Phi) is 2.98. The van der Waals surface area contributed by atoms with Crippen molar-refractivity contribution in [2.75, 3.05) is 18.8 Å².